The molecule has 3 heteroatoms. The fraction of sp³-hybridized carbons (Fsp3) is 0.267. The van der Waals surface area contributed by atoms with E-state index in [2.05, 4.69) is 15.9 Å². The van der Waals surface area contributed by atoms with Crippen LogP contribution in [0.3, 0.4) is 0 Å². The summed E-state index contributed by atoms with van der Waals surface area (Å²) in [6.45, 7) is 5.58. The second kappa shape index (κ2) is 4.73. The Morgan fingerprint density at radius 1 is 1.11 bits per heavy atom. The standard InChI is InChI=1S/C15H15BrO2/c1-15(2,3)18-14(17)12-9-8-10-6-4-5-7-11(10)13(12)16/h4-9H,1-3H3. The molecule has 0 atom stereocenters. The summed E-state index contributed by atoms with van der Waals surface area (Å²) < 4.78 is 6.17. The zero-order valence-electron chi connectivity index (χ0n) is 10.7. The molecule has 0 saturated heterocycles. The number of fused-ring (bicyclic) bond motifs is 1. The summed E-state index contributed by atoms with van der Waals surface area (Å²) in [5.41, 5.74) is 0.0750. The summed E-state index contributed by atoms with van der Waals surface area (Å²) in [5.74, 6) is -0.305. The van der Waals surface area contributed by atoms with Crippen LogP contribution in [0, 0.1) is 0 Å². The molecule has 0 heterocycles. The first-order valence-electron chi connectivity index (χ1n) is 5.79. The first-order chi connectivity index (χ1) is 8.38. The number of esters is 1. The molecule has 0 aliphatic carbocycles. The van der Waals surface area contributed by atoms with Gasteiger partial charge in [-0.25, -0.2) is 4.79 Å². The quantitative estimate of drug-likeness (QED) is 0.722. The van der Waals surface area contributed by atoms with Crippen molar-refractivity contribution in [2.75, 3.05) is 0 Å². The molecule has 0 fully saturated rings. The summed E-state index contributed by atoms with van der Waals surface area (Å²) >= 11 is 3.49. The second-order valence-corrected chi connectivity index (χ2v) is 5.94. The van der Waals surface area contributed by atoms with Crippen molar-refractivity contribution in [3.8, 4) is 0 Å². The Labute approximate surface area is 115 Å². The molecule has 0 saturated carbocycles. The van der Waals surface area contributed by atoms with E-state index >= 15 is 0 Å². The van der Waals surface area contributed by atoms with Crippen LogP contribution in [0.4, 0.5) is 0 Å². The lowest BCUT2D eigenvalue weighted by Crippen LogP contribution is -2.24. The van der Waals surface area contributed by atoms with Crippen molar-refractivity contribution in [3.63, 3.8) is 0 Å². The normalized spacial score (nSPS) is 11.6. The highest BCUT2D eigenvalue weighted by molar-refractivity contribution is 9.10. The van der Waals surface area contributed by atoms with Gasteiger partial charge in [-0.2, -0.15) is 0 Å². The smallest absolute Gasteiger partial charge is 0.339 e. The third-order valence-electron chi connectivity index (χ3n) is 2.48. The summed E-state index contributed by atoms with van der Waals surface area (Å²) in [7, 11) is 0. The van der Waals surface area contributed by atoms with E-state index in [-0.39, 0.29) is 5.97 Å². The summed E-state index contributed by atoms with van der Waals surface area (Å²) in [6.07, 6.45) is 0. The van der Waals surface area contributed by atoms with Gasteiger partial charge >= 0.3 is 5.97 Å². The van der Waals surface area contributed by atoms with Crippen LogP contribution in [0.2, 0.25) is 0 Å². The maximum Gasteiger partial charge on any atom is 0.339 e. The number of hydrogen-bond donors (Lipinski definition) is 0. The largest absolute Gasteiger partial charge is 0.456 e. The van der Waals surface area contributed by atoms with Crippen LogP contribution in [0.25, 0.3) is 10.8 Å². The van der Waals surface area contributed by atoms with Crippen LogP contribution in [0.1, 0.15) is 31.1 Å². The maximum atomic E-state index is 12.1. The SMILES string of the molecule is CC(C)(C)OC(=O)c1ccc2ccccc2c1Br. The Kier molecular flexibility index (Phi) is 3.44. The molecule has 2 nitrogen and oxygen atoms in total. The Morgan fingerprint density at radius 3 is 2.44 bits per heavy atom. The molecule has 0 radical (unpaired) electrons. The second-order valence-electron chi connectivity index (χ2n) is 5.15. The number of carbonyl (C=O) groups excluding carboxylic acids is 1. The van der Waals surface area contributed by atoms with Crippen molar-refractivity contribution >= 4 is 32.7 Å². The summed E-state index contributed by atoms with van der Waals surface area (Å²) in [6, 6.07) is 11.6. The monoisotopic (exact) mass is 306 g/mol. The van der Waals surface area contributed by atoms with Crippen molar-refractivity contribution < 1.29 is 9.53 Å². The van der Waals surface area contributed by atoms with Crippen LogP contribution in [0.5, 0.6) is 0 Å². The molecule has 2 aromatic carbocycles. The molecule has 94 valence electrons. The van der Waals surface area contributed by atoms with Gasteiger partial charge in [0.2, 0.25) is 0 Å². The molecule has 18 heavy (non-hydrogen) atoms. The van der Waals surface area contributed by atoms with E-state index in [1.54, 1.807) is 6.07 Å². The Bertz CT molecular complexity index is 597. The van der Waals surface area contributed by atoms with Crippen molar-refractivity contribution in [2.45, 2.75) is 26.4 Å². The zero-order valence-corrected chi connectivity index (χ0v) is 12.2. The van der Waals surface area contributed by atoms with Crippen LogP contribution < -0.4 is 0 Å². The molecular formula is C15H15BrO2. The molecule has 0 unspecified atom stereocenters. The number of halogens is 1. The fourth-order valence-corrected chi connectivity index (χ4v) is 2.38. The lowest BCUT2D eigenvalue weighted by atomic mass is 10.1. The van der Waals surface area contributed by atoms with Crippen LogP contribution in [-0.2, 0) is 4.74 Å². The van der Waals surface area contributed by atoms with Crippen LogP contribution in [-0.4, -0.2) is 11.6 Å². The average Bonchev–Trinajstić information content (AvgIpc) is 2.27. The first-order valence-corrected chi connectivity index (χ1v) is 6.58. The molecule has 0 aliphatic heterocycles. The van der Waals surface area contributed by atoms with Crippen molar-refractivity contribution in [1.29, 1.82) is 0 Å². The zero-order chi connectivity index (χ0) is 13.3. The molecule has 0 N–H and O–H groups in total. The maximum absolute atomic E-state index is 12.1. The molecule has 0 spiro atoms. The van der Waals surface area contributed by atoms with Crippen LogP contribution >= 0.6 is 15.9 Å². The van der Waals surface area contributed by atoms with Gasteiger partial charge in [-0.05, 0) is 53.5 Å². The van der Waals surface area contributed by atoms with Gasteiger partial charge in [-0.1, -0.05) is 30.3 Å². The minimum atomic E-state index is -0.484. The topological polar surface area (TPSA) is 26.3 Å². The number of hydrogen-bond acceptors (Lipinski definition) is 2. The predicted octanol–water partition coefficient (Wildman–Crippen LogP) is 4.56. The van der Waals surface area contributed by atoms with Gasteiger partial charge in [0.1, 0.15) is 5.60 Å². The highest BCUT2D eigenvalue weighted by atomic mass is 79.9. The molecule has 2 rings (SSSR count). The van der Waals surface area contributed by atoms with Gasteiger partial charge in [0, 0.05) is 4.47 Å². The lowest BCUT2D eigenvalue weighted by molar-refractivity contribution is 0.00687. The summed E-state index contributed by atoms with van der Waals surface area (Å²) in [4.78, 5) is 12.1. The van der Waals surface area contributed by atoms with Gasteiger partial charge in [-0.15, -0.1) is 0 Å². The minimum Gasteiger partial charge on any atom is -0.456 e. The van der Waals surface area contributed by atoms with E-state index < -0.39 is 5.60 Å². The van der Waals surface area contributed by atoms with Crippen molar-refractivity contribution in [2.24, 2.45) is 0 Å². The molecule has 0 amide bonds. The first kappa shape index (κ1) is 13.1. The van der Waals surface area contributed by atoms with Crippen LogP contribution in [0.15, 0.2) is 40.9 Å². The average molecular weight is 307 g/mol. The Balaban J connectivity index is 2.46. The number of ether oxygens (including phenoxy) is 1. The molecule has 0 aromatic heterocycles. The van der Waals surface area contributed by atoms with Gasteiger partial charge < -0.3 is 4.74 Å². The number of carbonyl (C=O) groups is 1. The molecule has 2 aromatic rings. The lowest BCUT2D eigenvalue weighted by Gasteiger charge is -2.20. The highest BCUT2D eigenvalue weighted by Crippen LogP contribution is 2.29. The Morgan fingerprint density at radius 2 is 1.78 bits per heavy atom. The third-order valence-corrected chi connectivity index (χ3v) is 3.34. The summed E-state index contributed by atoms with van der Waals surface area (Å²) in [5, 5.41) is 2.11. The van der Waals surface area contributed by atoms with E-state index in [0.717, 1.165) is 15.2 Å². The van der Waals surface area contributed by atoms with Crippen molar-refractivity contribution in [1.82, 2.24) is 0 Å². The number of rotatable bonds is 1. The highest BCUT2D eigenvalue weighted by Gasteiger charge is 2.20. The Hall–Kier alpha value is -1.35. The third kappa shape index (κ3) is 2.72. The molecular weight excluding hydrogens is 292 g/mol. The molecule has 0 bridgehead atoms. The van der Waals surface area contributed by atoms with Gasteiger partial charge in [-0.3, -0.25) is 0 Å². The fourth-order valence-electron chi connectivity index (χ4n) is 1.72. The van der Waals surface area contributed by atoms with E-state index in [0.29, 0.717) is 5.56 Å². The van der Waals surface area contributed by atoms with E-state index in [4.69, 9.17) is 4.74 Å². The predicted molar refractivity (Wildman–Crippen MR) is 76.8 cm³/mol. The van der Waals surface area contributed by atoms with E-state index in [1.165, 1.54) is 0 Å². The van der Waals surface area contributed by atoms with E-state index in [9.17, 15) is 4.79 Å². The minimum absolute atomic E-state index is 0.305. The van der Waals surface area contributed by atoms with Gasteiger partial charge in [0.25, 0.3) is 0 Å². The molecule has 0 aliphatic rings. The number of benzene rings is 2. The van der Waals surface area contributed by atoms with Crippen molar-refractivity contribution in [3.05, 3.63) is 46.4 Å². The van der Waals surface area contributed by atoms with Gasteiger partial charge in [0.15, 0.2) is 0 Å². The van der Waals surface area contributed by atoms with E-state index in [1.807, 2.05) is 51.1 Å². The van der Waals surface area contributed by atoms with Gasteiger partial charge in [0.05, 0.1) is 5.56 Å².